The molecule has 23 heavy (non-hydrogen) atoms. The van der Waals surface area contributed by atoms with E-state index in [1.54, 1.807) is 7.11 Å². The summed E-state index contributed by atoms with van der Waals surface area (Å²) in [5.41, 5.74) is -0.336. The first-order chi connectivity index (χ1) is 10.4. The molecule has 5 nitrogen and oxygen atoms in total. The molecule has 0 bridgehead atoms. The van der Waals surface area contributed by atoms with Gasteiger partial charge in [-0.25, -0.2) is 21.9 Å². The summed E-state index contributed by atoms with van der Waals surface area (Å²) >= 11 is 0. The first-order valence-electron chi connectivity index (χ1n) is 7.03. The summed E-state index contributed by atoms with van der Waals surface area (Å²) in [6.45, 7) is 2.06. The number of halogens is 3. The van der Waals surface area contributed by atoms with E-state index < -0.39 is 26.6 Å². The number of methoxy groups -OCH3 is 1. The van der Waals surface area contributed by atoms with Crippen LogP contribution in [-0.4, -0.2) is 41.8 Å². The van der Waals surface area contributed by atoms with Crippen LogP contribution in [0.15, 0.2) is 23.1 Å². The van der Waals surface area contributed by atoms with Crippen LogP contribution in [0.25, 0.3) is 0 Å². The van der Waals surface area contributed by atoms with Gasteiger partial charge in [0.25, 0.3) is 0 Å². The predicted molar refractivity (Wildman–Crippen MR) is 85.2 cm³/mol. The first-order valence-corrected chi connectivity index (χ1v) is 8.51. The zero-order valence-corrected chi connectivity index (χ0v) is 14.4. The lowest BCUT2D eigenvalue weighted by atomic mass is 9.80. The van der Waals surface area contributed by atoms with Gasteiger partial charge in [0.1, 0.15) is 16.5 Å². The maximum atomic E-state index is 13.7. The van der Waals surface area contributed by atoms with E-state index in [9.17, 15) is 17.2 Å². The molecule has 0 unspecified atom stereocenters. The highest BCUT2D eigenvalue weighted by Crippen LogP contribution is 2.29. The molecule has 0 saturated carbocycles. The molecule has 0 radical (unpaired) electrons. The second-order valence-corrected chi connectivity index (χ2v) is 7.32. The third kappa shape index (κ3) is 5.09. The van der Waals surface area contributed by atoms with E-state index in [0.29, 0.717) is 12.7 Å². The Balaban J connectivity index is 0.00000264. The van der Waals surface area contributed by atoms with Crippen LogP contribution in [0, 0.1) is 17.0 Å². The van der Waals surface area contributed by atoms with E-state index >= 15 is 0 Å². The van der Waals surface area contributed by atoms with Crippen LogP contribution in [-0.2, 0) is 14.8 Å². The number of sulfonamides is 1. The van der Waals surface area contributed by atoms with Gasteiger partial charge >= 0.3 is 0 Å². The van der Waals surface area contributed by atoms with Gasteiger partial charge in [0.2, 0.25) is 10.0 Å². The second kappa shape index (κ2) is 8.34. The van der Waals surface area contributed by atoms with Crippen molar-refractivity contribution in [1.82, 2.24) is 10.0 Å². The highest BCUT2D eigenvalue weighted by Gasteiger charge is 2.34. The van der Waals surface area contributed by atoms with Gasteiger partial charge in [-0.1, -0.05) is 0 Å². The van der Waals surface area contributed by atoms with Crippen LogP contribution in [0.2, 0.25) is 0 Å². The van der Waals surface area contributed by atoms with Crippen molar-refractivity contribution in [1.29, 1.82) is 0 Å². The van der Waals surface area contributed by atoms with Crippen LogP contribution in [0.3, 0.4) is 0 Å². The molecule has 9 heteroatoms. The Labute approximate surface area is 141 Å². The fourth-order valence-corrected chi connectivity index (χ4v) is 3.89. The van der Waals surface area contributed by atoms with E-state index in [-0.39, 0.29) is 24.4 Å². The van der Waals surface area contributed by atoms with Crippen LogP contribution in [0.4, 0.5) is 8.78 Å². The highest BCUT2D eigenvalue weighted by atomic mass is 35.5. The number of benzene rings is 1. The Kier molecular flexibility index (Phi) is 7.34. The molecule has 1 saturated heterocycles. The molecule has 132 valence electrons. The lowest BCUT2D eigenvalue weighted by Gasteiger charge is -2.37. The molecule has 0 atom stereocenters. The summed E-state index contributed by atoms with van der Waals surface area (Å²) in [5.74, 6) is -1.77. The Morgan fingerprint density at radius 1 is 1.30 bits per heavy atom. The fourth-order valence-electron chi connectivity index (χ4n) is 2.64. The minimum atomic E-state index is -4.11. The summed E-state index contributed by atoms with van der Waals surface area (Å²) in [5, 5.41) is 3.20. The minimum absolute atomic E-state index is 0. The minimum Gasteiger partial charge on any atom is -0.384 e. The van der Waals surface area contributed by atoms with Crippen molar-refractivity contribution in [2.24, 2.45) is 5.41 Å². The lowest BCUT2D eigenvalue weighted by molar-refractivity contribution is 0.0577. The topological polar surface area (TPSA) is 67.4 Å². The zero-order chi connectivity index (χ0) is 16.2. The molecule has 1 aliphatic heterocycles. The quantitative estimate of drug-likeness (QED) is 0.799. The van der Waals surface area contributed by atoms with E-state index in [0.717, 1.165) is 38.1 Å². The highest BCUT2D eigenvalue weighted by molar-refractivity contribution is 7.89. The van der Waals surface area contributed by atoms with Gasteiger partial charge in [-0.2, -0.15) is 0 Å². The van der Waals surface area contributed by atoms with Gasteiger partial charge in [-0.15, -0.1) is 12.4 Å². The van der Waals surface area contributed by atoms with E-state index in [1.807, 2.05) is 0 Å². The molecule has 0 aliphatic carbocycles. The maximum absolute atomic E-state index is 13.7. The van der Waals surface area contributed by atoms with E-state index in [1.165, 1.54) is 0 Å². The van der Waals surface area contributed by atoms with Gasteiger partial charge in [-0.3, -0.25) is 0 Å². The average Bonchev–Trinajstić information content (AvgIpc) is 2.49. The Bertz CT molecular complexity index is 617. The summed E-state index contributed by atoms with van der Waals surface area (Å²) in [4.78, 5) is -0.672. The molecular weight excluding hydrogens is 350 g/mol. The van der Waals surface area contributed by atoms with Crippen LogP contribution < -0.4 is 10.0 Å². The van der Waals surface area contributed by atoms with Crippen molar-refractivity contribution in [3.8, 4) is 0 Å². The van der Waals surface area contributed by atoms with Crippen molar-refractivity contribution >= 4 is 22.4 Å². The van der Waals surface area contributed by atoms with Crippen molar-refractivity contribution in [3.63, 3.8) is 0 Å². The fraction of sp³-hybridized carbons (Fsp3) is 0.571. The molecule has 1 fully saturated rings. The summed E-state index contributed by atoms with van der Waals surface area (Å²) in [7, 11) is -2.55. The SMILES string of the molecule is COCC1(CNS(=O)(=O)c2cc(F)ccc2F)CCNCC1.Cl. The number of hydrogen-bond acceptors (Lipinski definition) is 4. The molecule has 0 spiro atoms. The molecule has 1 aliphatic rings. The molecule has 1 aromatic rings. The van der Waals surface area contributed by atoms with Crippen LogP contribution in [0.1, 0.15) is 12.8 Å². The predicted octanol–water partition coefficient (Wildman–Crippen LogP) is 1.68. The molecule has 2 rings (SSSR count). The summed E-state index contributed by atoms with van der Waals surface area (Å²) in [6, 6.07) is 2.37. The van der Waals surface area contributed by atoms with Crippen molar-refractivity contribution < 1.29 is 21.9 Å². The van der Waals surface area contributed by atoms with E-state index in [4.69, 9.17) is 4.74 Å². The summed E-state index contributed by atoms with van der Waals surface area (Å²) < 4.78 is 58.9. The van der Waals surface area contributed by atoms with Crippen LogP contribution >= 0.6 is 12.4 Å². The molecular formula is C14H21ClF2N2O3S. The Morgan fingerprint density at radius 2 is 1.96 bits per heavy atom. The van der Waals surface area contributed by atoms with Gasteiger partial charge < -0.3 is 10.1 Å². The summed E-state index contributed by atoms with van der Waals surface area (Å²) in [6.07, 6.45) is 1.49. The van der Waals surface area contributed by atoms with Crippen molar-refractivity contribution in [2.75, 3.05) is 33.4 Å². The second-order valence-electron chi connectivity index (χ2n) is 5.58. The monoisotopic (exact) mass is 370 g/mol. The molecule has 0 aromatic heterocycles. The maximum Gasteiger partial charge on any atom is 0.243 e. The largest absolute Gasteiger partial charge is 0.384 e. The third-order valence-corrected chi connectivity index (χ3v) is 5.35. The molecule has 0 amide bonds. The third-order valence-electron chi connectivity index (χ3n) is 3.93. The zero-order valence-electron chi connectivity index (χ0n) is 12.8. The average molecular weight is 371 g/mol. The van der Waals surface area contributed by atoms with Crippen molar-refractivity contribution in [3.05, 3.63) is 29.8 Å². The molecule has 2 N–H and O–H groups in total. The van der Waals surface area contributed by atoms with Gasteiger partial charge in [0, 0.05) is 19.1 Å². The van der Waals surface area contributed by atoms with Crippen LogP contribution in [0.5, 0.6) is 0 Å². The Morgan fingerprint density at radius 3 is 2.57 bits per heavy atom. The Hall–Kier alpha value is -0.800. The number of hydrogen-bond donors (Lipinski definition) is 2. The van der Waals surface area contributed by atoms with Crippen molar-refractivity contribution in [2.45, 2.75) is 17.7 Å². The lowest BCUT2D eigenvalue weighted by Crippen LogP contribution is -2.47. The van der Waals surface area contributed by atoms with Gasteiger partial charge in [0.15, 0.2) is 0 Å². The van der Waals surface area contributed by atoms with Gasteiger partial charge in [-0.05, 0) is 44.1 Å². The number of rotatable bonds is 6. The number of nitrogens with one attached hydrogen (secondary N) is 2. The normalized spacial score (nSPS) is 17.5. The standard InChI is InChI=1S/C14H20F2N2O3S.ClH/c1-21-10-14(4-6-17-7-5-14)9-18-22(19,20)13-8-11(15)2-3-12(13)16;/h2-3,8,17-18H,4-7,9-10H2,1H3;1H. The first kappa shape index (κ1) is 20.2. The molecule has 1 heterocycles. The smallest absolute Gasteiger partial charge is 0.243 e. The van der Waals surface area contributed by atoms with E-state index in [2.05, 4.69) is 10.0 Å². The molecule has 1 aromatic carbocycles. The number of piperidine rings is 1. The van der Waals surface area contributed by atoms with Gasteiger partial charge in [0.05, 0.1) is 6.61 Å². The number of ether oxygens (including phenoxy) is 1.